The number of nitrogens with two attached hydrogens (primary N) is 1. The first-order chi connectivity index (χ1) is 8.89. The Hall–Kier alpha value is -0.780. The van der Waals surface area contributed by atoms with Gasteiger partial charge in [0.15, 0.2) is 0 Å². The molecule has 1 heterocycles. The average molecular weight is 340 g/mol. The normalized spacial score (nSPS) is 13.5. The molecule has 1 aromatic heterocycles. The summed E-state index contributed by atoms with van der Waals surface area (Å²) in [5.41, 5.74) is 8.55. The first-order valence-corrected chi connectivity index (χ1v) is 7.78. The lowest BCUT2D eigenvalue weighted by Gasteiger charge is -2.19. The Balaban J connectivity index is 2.24. The lowest BCUT2D eigenvalue weighted by atomic mass is 9.89. The molecule has 0 amide bonds. The molecule has 2 rings (SSSR count). The van der Waals surface area contributed by atoms with Crippen molar-refractivity contribution in [1.82, 2.24) is 9.59 Å². The van der Waals surface area contributed by atoms with Crippen LogP contribution in [0.2, 0.25) is 0 Å². The first-order valence-electron chi connectivity index (χ1n) is 6.21. The minimum atomic E-state index is -0.0621. The fourth-order valence-electron chi connectivity index (χ4n) is 1.95. The lowest BCUT2D eigenvalue weighted by Crippen LogP contribution is -2.20. The fraction of sp³-hybridized carbons (Fsp3) is 0.429. The predicted molar refractivity (Wildman–Crippen MR) is 83.4 cm³/mol. The molecule has 1 aromatic carbocycles. The number of nitrogens with zero attached hydrogens (tertiary/aromatic N) is 2. The van der Waals surface area contributed by atoms with Crippen molar-refractivity contribution in [2.45, 2.75) is 38.6 Å². The van der Waals surface area contributed by atoms with E-state index in [1.807, 2.05) is 18.2 Å². The van der Waals surface area contributed by atoms with Crippen molar-refractivity contribution in [3.8, 4) is 0 Å². The van der Waals surface area contributed by atoms with Crippen molar-refractivity contribution < 1.29 is 0 Å². The molecule has 0 bridgehead atoms. The van der Waals surface area contributed by atoms with E-state index in [1.54, 1.807) is 0 Å². The molecule has 3 nitrogen and oxygen atoms in total. The average Bonchev–Trinajstić information content (AvgIpc) is 2.81. The lowest BCUT2D eigenvalue weighted by molar-refractivity contribution is 0.550. The van der Waals surface area contributed by atoms with E-state index in [4.69, 9.17) is 5.73 Å². The first kappa shape index (κ1) is 14.6. The molecule has 102 valence electrons. The molecule has 0 aliphatic heterocycles. The summed E-state index contributed by atoms with van der Waals surface area (Å²) in [5, 5.41) is 4.25. The second-order valence-electron chi connectivity index (χ2n) is 5.64. The zero-order chi connectivity index (χ0) is 14.0. The Morgan fingerprint density at radius 1 is 1.32 bits per heavy atom. The third-order valence-electron chi connectivity index (χ3n) is 2.96. The van der Waals surface area contributed by atoms with E-state index in [9.17, 15) is 0 Å². The van der Waals surface area contributed by atoms with Gasteiger partial charge in [-0.3, -0.25) is 0 Å². The number of rotatable bonds is 3. The van der Waals surface area contributed by atoms with E-state index >= 15 is 0 Å². The van der Waals surface area contributed by atoms with Crippen molar-refractivity contribution in [2.75, 3.05) is 0 Å². The van der Waals surface area contributed by atoms with Crippen LogP contribution in [0.4, 0.5) is 0 Å². The van der Waals surface area contributed by atoms with Gasteiger partial charge in [0.1, 0.15) is 0 Å². The van der Waals surface area contributed by atoms with Crippen molar-refractivity contribution in [3.63, 3.8) is 0 Å². The van der Waals surface area contributed by atoms with Gasteiger partial charge in [-0.05, 0) is 29.6 Å². The van der Waals surface area contributed by atoms with Gasteiger partial charge in [0.2, 0.25) is 0 Å². The van der Waals surface area contributed by atoms with Crippen molar-refractivity contribution >= 4 is 27.5 Å². The number of hydrogen-bond acceptors (Lipinski definition) is 4. The zero-order valence-electron chi connectivity index (χ0n) is 11.4. The van der Waals surface area contributed by atoms with Gasteiger partial charge in [-0.1, -0.05) is 59.4 Å². The van der Waals surface area contributed by atoms with Gasteiger partial charge < -0.3 is 5.73 Å². The van der Waals surface area contributed by atoms with Gasteiger partial charge in [0, 0.05) is 15.9 Å². The minimum absolute atomic E-state index is 0.0200. The van der Waals surface area contributed by atoms with Gasteiger partial charge in [0.05, 0.1) is 10.6 Å². The van der Waals surface area contributed by atoms with Gasteiger partial charge >= 0.3 is 0 Å². The predicted octanol–water partition coefficient (Wildman–Crippen LogP) is 3.84. The van der Waals surface area contributed by atoms with Crippen LogP contribution in [0.1, 0.15) is 42.9 Å². The molecule has 0 aliphatic carbocycles. The summed E-state index contributed by atoms with van der Waals surface area (Å²) in [7, 11) is 0. The van der Waals surface area contributed by atoms with E-state index in [2.05, 4.69) is 52.4 Å². The summed E-state index contributed by atoms with van der Waals surface area (Å²) in [6.07, 6.45) is 0.786. The molecule has 2 aromatic rings. The topological polar surface area (TPSA) is 51.8 Å². The van der Waals surface area contributed by atoms with Crippen LogP contribution in [0.15, 0.2) is 28.7 Å². The second kappa shape index (κ2) is 5.69. The third-order valence-corrected chi connectivity index (χ3v) is 4.59. The highest BCUT2D eigenvalue weighted by atomic mass is 79.9. The Labute approximate surface area is 126 Å². The van der Waals surface area contributed by atoms with E-state index in [1.165, 1.54) is 17.1 Å². The van der Waals surface area contributed by atoms with Crippen molar-refractivity contribution in [1.29, 1.82) is 0 Å². The van der Waals surface area contributed by atoms with Crippen molar-refractivity contribution in [3.05, 3.63) is 44.9 Å². The Morgan fingerprint density at radius 2 is 2.00 bits per heavy atom. The molecule has 5 heteroatoms. The Morgan fingerprint density at radius 3 is 2.63 bits per heavy atom. The summed E-state index contributed by atoms with van der Waals surface area (Å²) in [6, 6.07) is 8.11. The molecule has 1 unspecified atom stereocenters. The molecular weight excluding hydrogens is 322 g/mol. The number of halogens is 1. The number of benzene rings is 1. The maximum atomic E-state index is 6.35. The van der Waals surface area contributed by atoms with Crippen LogP contribution in [0.25, 0.3) is 0 Å². The molecule has 0 spiro atoms. The van der Waals surface area contributed by atoms with Gasteiger partial charge in [-0.2, -0.15) is 0 Å². The van der Waals surface area contributed by atoms with Crippen LogP contribution < -0.4 is 5.73 Å². The summed E-state index contributed by atoms with van der Waals surface area (Å²) in [6.45, 7) is 6.41. The van der Waals surface area contributed by atoms with Crippen LogP contribution in [-0.2, 0) is 11.8 Å². The van der Waals surface area contributed by atoms with E-state index < -0.39 is 0 Å². The molecule has 19 heavy (non-hydrogen) atoms. The van der Waals surface area contributed by atoms with Crippen molar-refractivity contribution in [2.24, 2.45) is 5.73 Å². The van der Waals surface area contributed by atoms with Crippen LogP contribution in [0.3, 0.4) is 0 Å². The highest BCUT2D eigenvalue weighted by Gasteiger charge is 2.25. The van der Waals surface area contributed by atoms with E-state index in [0.717, 1.165) is 21.5 Å². The minimum Gasteiger partial charge on any atom is -0.323 e. The van der Waals surface area contributed by atoms with Gasteiger partial charge in [-0.25, -0.2) is 0 Å². The second-order valence-corrected chi connectivity index (χ2v) is 7.28. The largest absolute Gasteiger partial charge is 0.323 e. The third kappa shape index (κ3) is 3.41. The maximum absolute atomic E-state index is 6.35. The molecule has 0 saturated carbocycles. The highest BCUT2D eigenvalue weighted by Crippen LogP contribution is 2.31. The van der Waals surface area contributed by atoms with E-state index in [-0.39, 0.29) is 11.5 Å². The maximum Gasteiger partial charge on any atom is 0.0857 e. The SMILES string of the molecule is CC(C)(C)c1nnsc1C(N)Cc1ccccc1Br. The molecule has 1 atom stereocenters. The zero-order valence-corrected chi connectivity index (χ0v) is 13.8. The standard InChI is InChI=1S/C14H18BrN3S/c1-14(2,3)13-12(19-18-17-13)11(16)8-9-6-4-5-7-10(9)15/h4-7,11H,8,16H2,1-3H3. The number of aromatic nitrogens is 2. The summed E-state index contributed by atoms with van der Waals surface area (Å²) in [5.74, 6) is 0. The van der Waals surface area contributed by atoms with Gasteiger partial charge in [0.25, 0.3) is 0 Å². The van der Waals surface area contributed by atoms with Crippen LogP contribution >= 0.6 is 27.5 Å². The molecule has 0 aliphatic rings. The highest BCUT2D eigenvalue weighted by molar-refractivity contribution is 9.10. The quantitative estimate of drug-likeness (QED) is 0.924. The Kier molecular flexibility index (Phi) is 4.38. The van der Waals surface area contributed by atoms with E-state index in [0.29, 0.717) is 0 Å². The van der Waals surface area contributed by atoms with Crippen LogP contribution in [-0.4, -0.2) is 9.59 Å². The summed E-state index contributed by atoms with van der Waals surface area (Å²) >= 11 is 4.97. The molecule has 0 saturated heterocycles. The van der Waals surface area contributed by atoms with Crippen LogP contribution in [0, 0.1) is 0 Å². The summed E-state index contributed by atoms with van der Waals surface area (Å²) in [4.78, 5) is 1.09. The molecular formula is C14H18BrN3S. The molecule has 2 N–H and O–H groups in total. The van der Waals surface area contributed by atoms with Gasteiger partial charge in [-0.15, -0.1) is 5.10 Å². The molecule has 0 radical (unpaired) electrons. The number of hydrogen-bond donors (Lipinski definition) is 1. The Bertz CT molecular complexity index is 560. The van der Waals surface area contributed by atoms with Crippen LogP contribution in [0.5, 0.6) is 0 Å². The monoisotopic (exact) mass is 339 g/mol. The smallest absolute Gasteiger partial charge is 0.0857 e. The molecule has 0 fully saturated rings. The fourth-order valence-corrected chi connectivity index (χ4v) is 3.26. The summed E-state index contributed by atoms with van der Waals surface area (Å²) < 4.78 is 5.17.